The maximum absolute atomic E-state index is 13.4. The fourth-order valence-corrected chi connectivity index (χ4v) is 9.66. The molecule has 1 N–H and O–H groups in total. The summed E-state index contributed by atoms with van der Waals surface area (Å²) in [6.45, 7) is 13.0. The molecular formula is C25H37NO5. The number of esters is 1. The largest absolute Gasteiger partial charge is 0.460 e. The van der Waals surface area contributed by atoms with E-state index in [1.165, 1.54) is 0 Å². The number of ether oxygens (including phenoxy) is 2. The van der Waals surface area contributed by atoms with Crippen LogP contribution in [0.15, 0.2) is 0 Å². The minimum absolute atomic E-state index is 0.102. The number of likely N-dealkylation sites (tertiary alicyclic amines) is 1. The summed E-state index contributed by atoms with van der Waals surface area (Å²) >= 11 is 0. The third-order valence-corrected chi connectivity index (χ3v) is 9.99. The minimum atomic E-state index is -0.521. The predicted octanol–water partition coefficient (Wildman–Crippen LogP) is 3.32. The molecule has 0 aromatic heterocycles. The minimum Gasteiger partial charge on any atom is -0.460 e. The van der Waals surface area contributed by atoms with Gasteiger partial charge in [-0.25, -0.2) is 4.79 Å². The molecule has 6 atom stereocenters. The van der Waals surface area contributed by atoms with Crippen molar-refractivity contribution in [2.45, 2.75) is 65.6 Å². The Bertz CT molecular complexity index is 833. The number of nitrogens with zero attached hydrogens (tertiary/aromatic N) is 1. The molecule has 0 aromatic rings. The summed E-state index contributed by atoms with van der Waals surface area (Å²) in [6.07, 6.45) is 1.42. The molecule has 172 valence electrons. The number of rotatable bonds is 5. The Balaban J connectivity index is 1.19. The van der Waals surface area contributed by atoms with Gasteiger partial charge in [0, 0.05) is 25.1 Å². The molecule has 4 unspecified atom stereocenters. The molecule has 0 spiro atoms. The monoisotopic (exact) mass is 431 g/mol. The first kappa shape index (κ1) is 20.3. The number of hydrogen-bond acceptors (Lipinski definition) is 5. The average molecular weight is 432 g/mol. The molecule has 0 radical (unpaired) electrons. The van der Waals surface area contributed by atoms with Gasteiger partial charge in [-0.2, -0.15) is 0 Å². The molecule has 0 aromatic carbocycles. The molecule has 0 bridgehead atoms. The van der Waals surface area contributed by atoms with Gasteiger partial charge in [0.1, 0.15) is 11.2 Å². The van der Waals surface area contributed by atoms with Gasteiger partial charge < -0.3 is 19.5 Å². The van der Waals surface area contributed by atoms with Crippen molar-refractivity contribution >= 4 is 12.1 Å². The van der Waals surface area contributed by atoms with Crippen molar-refractivity contribution in [1.29, 1.82) is 0 Å². The lowest BCUT2D eigenvalue weighted by Crippen LogP contribution is -3.10. The van der Waals surface area contributed by atoms with E-state index >= 15 is 0 Å². The molecule has 1 heterocycles. The number of carbonyl (C=O) groups excluding carboxylic acids is 2. The lowest BCUT2D eigenvalue weighted by molar-refractivity contribution is -0.664. The summed E-state index contributed by atoms with van der Waals surface area (Å²) in [6, 6.07) is 0. The van der Waals surface area contributed by atoms with Crippen molar-refractivity contribution in [2.75, 3.05) is 19.7 Å². The van der Waals surface area contributed by atoms with Gasteiger partial charge in [0.2, 0.25) is 0 Å². The lowest BCUT2D eigenvalue weighted by Gasteiger charge is -3.12. The van der Waals surface area contributed by atoms with Crippen LogP contribution in [0.4, 0.5) is 4.79 Å². The normalized spacial score (nSPS) is 48.4. The van der Waals surface area contributed by atoms with E-state index in [9.17, 15) is 14.7 Å². The standard InChI is InChI=1S/C25H37NO5/c1-22(2,3)30-20(28)13(12-7-8-26(10-12)21(29)31-23(4,5)6)9-24-16-14-17-15(16)19(24)25(17,11-27)18(14)24/h12-19,27H,7-11H2,1-6H3/t12-,13+,14?,15?,16?,17?,18?,19?,24?,25?/m0/s1. The van der Waals surface area contributed by atoms with Crippen molar-refractivity contribution in [3.05, 3.63) is 0 Å². The highest BCUT2D eigenvalue weighted by Crippen LogP contribution is 3.11. The highest BCUT2D eigenvalue weighted by atomic mass is 16.6. The Morgan fingerprint density at radius 2 is 1.58 bits per heavy atom. The number of hydrogen-bond donors (Lipinski definition) is 1. The van der Waals surface area contributed by atoms with Gasteiger partial charge in [-0.05, 0) is 101 Å². The zero-order valence-electron chi connectivity index (χ0n) is 19.7. The Morgan fingerprint density at radius 3 is 2.13 bits per heavy atom. The van der Waals surface area contributed by atoms with Crippen molar-refractivity contribution in [3.63, 3.8) is 0 Å². The lowest BCUT2D eigenvalue weighted by atomic mass is 8.92. The van der Waals surface area contributed by atoms with Gasteiger partial charge in [-0.1, -0.05) is 0 Å². The van der Waals surface area contributed by atoms with Gasteiger partial charge in [0.15, 0.2) is 0 Å². The summed E-state index contributed by atoms with van der Waals surface area (Å²) in [5, 5.41) is 10.1. The average Bonchev–Trinajstić information content (AvgIpc) is 3.13. The SMILES string of the molecule is CC(C)(C)OC(=O)[C@H](CC12C3C4C5C3C1C5(CO)C42)[C@H]1CCN(C(=O)OC(C)(C)C)C1. The van der Waals surface area contributed by atoms with E-state index < -0.39 is 11.2 Å². The van der Waals surface area contributed by atoms with Gasteiger partial charge >= 0.3 is 12.1 Å². The van der Waals surface area contributed by atoms with Crippen LogP contribution in [0.25, 0.3) is 0 Å². The number of aliphatic hydroxyl groups excluding tert-OH is 1. The summed E-state index contributed by atoms with van der Waals surface area (Å²) in [7, 11) is 0. The molecule has 7 fully saturated rings. The topological polar surface area (TPSA) is 76.1 Å². The zero-order valence-corrected chi connectivity index (χ0v) is 19.7. The molecule has 6 aliphatic carbocycles. The summed E-state index contributed by atoms with van der Waals surface area (Å²) < 4.78 is 11.5. The molecule has 1 amide bonds. The second-order valence-corrected chi connectivity index (χ2v) is 13.4. The van der Waals surface area contributed by atoms with E-state index in [-0.39, 0.29) is 34.7 Å². The number of carbonyl (C=O) groups is 2. The van der Waals surface area contributed by atoms with Crippen LogP contribution in [0.5, 0.6) is 0 Å². The second-order valence-electron chi connectivity index (χ2n) is 13.4. The first-order valence-electron chi connectivity index (χ1n) is 12.2. The summed E-state index contributed by atoms with van der Waals surface area (Å²) in [5.41, 5.74) is -0.529. The molecule has 1 aliphatic heterocycles. The van der Waals surface area contributed by atoms with Gasteiger partial charge in [-0.3, -0.25) is 4.79 Å². The highest BCUT2D eigenvalue weighted by molar-refractivity contribution is 5.75. The molecule has 7 aliphatic rings. The van der Waals surface area contributed by atoms with Crippen LogP contribution in [0, 0.1) is 58.2 Å². The van der Waals surface area contributed by atoms with Crippen LogP contribution in [0.1, 0.15) is 54.4 Å². The van der Waals surface area contributed by atoms with Crippen LogP contribution in [0.2, 0.25) is 0 Å². The number of amides is 1. The van der Waals surface area contributed by atoms with E-state index in [1.807, 2.05) is 41.5 Å². The van der Waals surface area contributed by atoms with Crippen LogP contribution < -0.4 is 0 Å². The fourth-order valence-electron chi connectivity index (χ4n) is 9.66. The molecule has 6 heteroatoms. The van der Waals surface area contributed by atoms with Gasteiger partial charge in [-0.15, -0.1) is 0 Å². The quantitative estimate of drug-likeness (QED) is 0.676. The number of aliphatic hydroxyl groups is 1. The molecule has 6 nitrogen and oxygen atoms in total. The second kappa shape index (κ2) is 5.60. The van der Waals surface area contributed by atoms with E-state index in [2.05, 4.69) is 0 Å². The Labute approximate surface area is 185 Å². The van der Waals surface area contributed by atoms with Crippen molar-refractivity contribution < 1.29 is 24.2 Å². The molecule has 1 saturated heterocycles. The van der Waals surface area contributed by atoms with Gasteiger partial charge in [0.05, 0.1) is 5.92 Å². The van der Waals surface area contributed by atoms with Crippen LogP contribution in [0.3, 0.4) is 0 Å². The highest BCUT2D eigenvalue weighted by Gasteiger charge is 3.09. The third-order valence-electron chi connectivity index (χ3n) is 9.99. The van der Waals surface area contributed by atoms with Crippen LogP contribution in [-0.4, -0.2) is 53.0 Å². The first-order chi connectivity index (χ1) is 14.4. The Kier molecular flexibility index (Phi) is 3.67. The van der Waals surface area contributed by atoms with Crippen molar-refractivity contribution in [2.24, 2.45) is 58.2 Å². The van der Waals surface area contributed by atoms with Gasteiger partial charge in [0.25, 0.3) is 0 Å². The fraction of sp³-hybridized carbons (Fsp3) is 0.920. The molecule has 6 saturated carbocycles. The van der Waals surface area contributed by atoms with Crippen LogP contribution >= 0.6 is 0 Å². The first-order valence-corrected chi connectivity index (χ1v) is 12.2. The van der Waals surface area contributed by atoms with E-state index in [1.54, 1.807) is 4.90 Å². The molecular weight excluding hydrogens is 394 g/mol. The third kappa shape index (κ3) is 2.14. The van der Waals surface area contributed by atoms with Crippen molar-refractivity contribution in [1.82, 2.24) is 4.90 Å². The van der Waals surface area contributed by atoms with Crippen LogP contribution in [-0.2, 0) is 14.3 Å². The zero-order chi connectivity index (χ0) is 22.3. The molecule has 7 rings (SSSR count). The predicted molar refractivity (Wildman–Crippen MR) is 113 cm³/mol. The summed E-state index contributed by atoms with van der Waals surface area (Å²) in [4.78, 5) is 27.7. The summed E-state index contributed by atoms with van der Waals surface area (Å²) in [5.74, 6) is 4.40. The Hall–Kier alpha value is -1.30. The van der Waals surface area contributed by atoms with E-state index in [0.29, 0.717) is 31.5 Å². The van der Waals surface area contributed by atoms with E-state index in [0.717, 1.165) is 36.5 Å². The Morgan fingerprint density at radius 1 is 1.00 bits per heavy atom. The van der Waals surface area contributed by atoms with Crippen molar-refractivity contribution in [3.8, 4) is 0 Å². The molecule has 31 heavy (non-hydrogen) atoms. The van der Waals surface area contributed by atoms with E-state index in [4.69, 9.17) is 9.47 Å². The maximum atomic E-state index is 13.4. The maximum Gasteiger partial charge on any atom is 0.410 e. The smallest absolute Gasteiger partial charge is 0.410 e.